The van der Waals surface area contributed by atoms with Crippen molar-refractivity contribution in [3.63, 3.8) is 0 Å². The van der Waals surface area contributed by atoms with Crippen LogP contribution in [-0.2, 0) is 28.4 Å². The van der Waals surface area contributed by atoms with E-state index in [9.17, 15) is 14.0 Å². The Bertz CT molecular complexity index is 1260. The van der Waals surface area contributed by atoms with E-state index in [1.165, 1.54) is 26.4 Å². The highest BCUT2D eigenvalue weighted by Gasteiger charge is 2.41. The number of hydrogen-bond acceptors (Lipinski definition) is 10. The summed E-state index contributed by atoms with van der Waals surface area (Å²) in [4.78, 5) is 27.6. The second-order valence-corrected chi connectivity index (χ2v) is 11.4. The first-order chi connectivity index (χ1) is 20.3. The van der Waals surface area contributed by atoms with Crippen molar-refractivity contribution in [2.45, 2.75) is 37.3 Å². The molecule has 10 nitrogen and oxygen atoms in total. The highest BCUT2D eigenvalue weighted by atomic mass is 79.9. The molecule has 4 saturated heterocycles. The lowest BCUT2D eigenvalue weighted by Gasteiger charge is -2.39. The van der Waals surface area contributed by atoms with Crippen LogP contribution in [0.15, 0.2) is 40.9 Å². The number of carbonyl (C=O) groups excluding carboxylic acids is 2. The van der Waals surface area contributed by atoms with Crippen LogP contribution in [-0.4, -0.2) is 90.3 Å². The van der Waals surface area contributed by atoms with Gasteiger partial charge in [-0.15, -0.1) is 0 Å². The first-order valence-corrected chi connectivity index (χ1v) is 14.9. The molecule has 0 aliphatic carbocycles. The summed E-state index contributed by atoms with van der Waals surface area (Å²) >= 11 is 3.40. The van der Waals surface area contributed by atoms with Gasteiger partial charge in [0.15, 0.2) is 11.6 Å². The lowest BCUT2D eigenvalue weighted by molar-refractivity contribution is -0.169. The summed E-state index contributed by atoms with van der Waals surface area (Å²) in [5.74, 6) is -2.39. The van der Waals surface area contributed by atoms with E-state index in [0.29, 0.717) is 32.0 Å². The predicted octanol–water partition coefficient (Wildman–Crippen LogP) is 4.53. The largest absolute Gasteiger partial charge is 0.465 e. The molecule has 4 fully saturated rings. The molecule has 6 rings (SSSR count). The lowest BCUT2D eigenvalue weighted by Crippen LogP contribution is -2.45. The average molecular weight is 652 g/mol. The number of hydrogen-bond donors (Lipinski definition) is 0. The van der Waals surface area contributed by atoms with Crippen molar-refractivity contribution < 1.29 is 42.4 Å². The number of rotatable bonds is 4. The van der Waals surface area contributed by atoms with Crippen LogP contribution in [0.4, 0.5) is 15.8 Å². The van der Waals surface area contributed by atoms with Gasteiger partial charge in [-0.2, -0.15) is 0 Å². The third-order valence-corrected chi connectivity index (χ3v) is 8.60. The van der Waals surface area contributed by atoms with Crippen molar-refractivity contribution in [3.8, 4) is 0 Å². The van der Waals surface area contributed by atoms with Crippen LogP contribution in [0, 0.1) is 5.82 Å². The number of piperidine rings is 2. The third kappa shape index (κ3) is 6.73. The van der Waals surface area contributed by atoms with E-state index in [4.69, 9.17) is 23.7 Å². The molecule has 4 aliphatic rings. The molecule has 228 valence electrons. The van der Waals surface area contributed by atoms with Gasteiger partial charge in [0.25, 0.3) is 0 Å². The van der Waals surface area contributed by atoms with E-state index >= 15 is 0 Å². The summed E-state index contributed by atoms with van der Waals surface area (Å²) in [7, 11) is 2.64. The van der Waals surface area contributed by atoms with Crippen LogP contribution in [0.25, 0.3) is 0 Å². The molecule has 12 heteroatoms. The molecule has 0 saturated carbocycles. The summed E-state index contributed by atoms with van der Waals surface area (Å²) in [6, 6.07) is 10.3. The molecule has 0 radical (unpaired) electrons. The Morgan fingerprint density at radius 1 is 0.738 bits per heavy atom. The second kappa shape index (κ2) is 13.3. The smallest absolute Gasteiger partial charge is 0.340 e. The highest BCUT2D eigenvalue weighted by Crippen LogP contribution is 2.36. The molecule has 42 heavy (non-hydrogen) atoms. The molecule has 0 amide bonds. The summed E-state index contributed by atoms with van der Waals surface area (Å²) in [5.41, 5.74) is 2.19. The van der Waals surface area contributed by atoms with Crippen LogP contribution in [0.5, 0.6) is 0 Å². The number of methoxy groups -OCH3 is 2. The minimum absolute atomic E-state index is 0.0443. The maximum absolute atomic E-state index is 14.0. The minimum Gasteiger partial charge on any atom is -0.465 e. The normalized spacial score (nSPS) is 20.8. The third-order valence-electron chi connectivity index (χ3n) is 8.11. The van der Waals surface area contributed by atoms with Gasteiger partial charge in [0, 0.05) is 62.0 Å². The van der Waals surface area contributed by atoms with E-state index < -0.39 is 23.4 Å². The van der Waals surface area contributed by atoms with Crippen molar-refractivity contribution in [1.82, 2.24) is 0 Å². The molecule has 4 heterocycles. The molecule has 0 unspecified atom stereocenters. The number of carbonyl (C=O) groups is 2. The number of halogens is 2. The highest BCUT2D eigenvalue weighted by molar-refractivity contribution is 9.10. The van der Waals surface area contributed by atoms with Crippen molar-refractivity contribution in [3.05, 3.63) is 57.8 Å². The second-order valence-electron chi connectivity index (χ2n) is 10.5. The predicted molar refractivity (Wildman–Crippen MR) is 155 cm³/mol. The van der Waals surface area contributed by atoms with Gasteiger partial charge in [-0.3, -0.25) is 0 Å². The Hall–Kier alpha value is -2.77. The fraction of sp³-hybridized carbons (Fsp3) is 0.533. The minimum atomic E-state index is -0.663. The van der Waals surface area contributed by atoms with Gasteiger partial charge < -0.3 is 38.2 Å². The van der Waals surface area contributed by atoms with Gasteiger partial charge >= 0.3 is 11.9 Å². The Morgan fingerprint density at radius 2 is 1.24 bits per heavy atom. The zero-order valence-corrected chi connectivity index (χ0v) is 25.5. The zero-order valence-electron chi connectivity index (χ0n) is 23.9. The van der Waals surface area contributed by atoms with E-state index in [1.54, 1.807) is 12.1 Å². The quantitative estimate of drug-likeness (QED) is 0.439. The molecule has 0 atom stereocenters. The topological polar surface area (TPSA) is 96.0 Å². The molecule has 0 aromatic heterocycles. The summed E-state index contributed by atoms with van der Waals surface area (Å²) in [6.45, 7) is 5.69. The number of anilines is 2. The van der Waals surface area contributed by atoms with Gasteiger partial charge in [0.05, 0.1) is 57.5 Å². The Kier molecular flexibility index (Phi) is 9.68. The zero-order chi connectivity index (χ0) is 29.7. The summed E-state index contributed by atoms with van der Waals surface area (Å²) in [6.07, 6.45) is 3.13. The van der Waals surface area contributed by atoms with Crippen molar-refractivity contribution in [2.24, 2.45) is 0 Å². The Labute approximate surface area is 253 Å². The number of ether oxygens (including phenoxy) is 6. The van der Waals surface area contributed by atoms with Crippen molar-refractivity contribution in [2.75, 3.05) is 76.6 Å². The fourth-order valence-corrected chi connectivity index (χ4v) is 6.16. The summed E-state index contributed by atoms with van der Waals surface area (Å²) in [5, 5.41) is 0. The Balaban J connectivity index is 0.000000168. The van der Waals surface area contributed by atoms with E-state index in [0.717, 1.165) is 67.7 Å². The van der Waals surface area contributed by atoms with E-state index in [-0.39, 0.29) is 11.5 Å². The van der Waals surface area contributed by atoms with Gasteiger partial charge in [0.2, 0.25) is 0 Å². The van der Waals surface area contributed by atoms with Crippen LogP contribution < -0.4 is 9.80 Å². The first kappa shape index (κ1) is 30.7. The molecule has 2 aromatic rings. The SMILES string of the molecule is COC(=O)c1cc(Br)ccc1N1CCC2(CC1)OCCO2.COC(=O)c1ccc(N2CCC3(CC2)OCCO3)cc1F. The molecule has 2 spiro atoms. The van der Waals surface area contributed by atoms with Crippen LogP contribution >= 0.6 is 15.9 Å². The van der Waals surface area contributed by atoms with E-state index in [1.807, 2.05) is 12.1 Å². The standard InChI is InChI=1S/C15H18BrNO4.C15H18FNO4/c1-19-14(18)12-10-11(16)2-3-13(12)17-6-4-15(5-7-17)20-8-9-21-15;1-19-14(18)12-3-2-11(10-13(12)16)17-6-4-15(5-7-17)20-8-9-21-15/h2*2-3,10H,4-9H2,1H3. The van der Waals surface area contributed by atoms with Gasteiger partial charge in [0.1, 0.15) is 5.82 Å². The molecule has 0 bridgehead atoms. The molecule has 0 N–H and O–H groups in total. The fourth-order valence-electron chi connectivity index (χ4n) is 5.80. The molecule has 2 aromatic carbocycles. The maximum atomic E-state index is 14.0. The monoisotopic (exact) mass is 650 g/mol. The van der Waals surface area contributed by atoms with Crippen molar-refractivity contribution in [1.29, 1.82) is 0 Å². The molecular formula is C30H36BrFN2O8. The molecule has 4 aliphatic heterocycles. The maximum Gasteiger partial charge on any atom is 0.340 e. The number of esters is 2. The van der Waals surface area contributed by atoms with Crippen molar-refractivity contribution >= 4 is 39.2 Å². The Morgan fingerprint density at radius 3 is 1.74 bits per heavy atom. The summed E-state index contributed by atoms with van der Waals surface area (Å²) < 4.78 is 47.1. The van der Waals surface area contributed by atoms with Gasteiger partial charge in [-0.05, 0) is 36.4 Å². The van der Waals surface area contributed by atoms with Crippen LogP contribution in [0.2, 0.25) is 0 Å². The van der Waals surface area contributed by atoms with Gasteiger partial charge in [-0.1, -0.05) is 15.9 Å². The van der Waals surface area contributed by atoms with E-state index in [2.05, 4.69) is 30.5 Å². The average Bonchev–Trinajstić information content (AvgIpc) is 3.67. The van der Waals surface area contributed by atoms with Gasteiger partial charge in [-0.25, -0.2) is 14.0 Å². The van der Waals surface area contributed by atoms with Crippen LogP contribution in [0.1, 0.15) is 46.4 Å². The first-order valence-electron chi connectivity index (χ1n) is 14.1. The lowest BCUT2D eigenvalue weighted by atomic mass is 10.0. The molecular weight excluding hydrogens is 615 g/mol. The number of benzene rings is 2. The number of nitrogens with zero attached hydrogens (tertiary/aromatic N) is 2. The van der Waals surface area contributed by atoms with Crippen LogP contribution in [0.3, 0.4) is 0 Å².